The Bertz CT molecular complexity index is 686. The summed E-state index contributed by atoms with van der Waals surface area (Å²) in [6, 6.07) is 8.25. The molecule has 122 valence electrons. The van der Waals surface area contributed by atoms with E-state index < -0.39 is 0 Å². The molecule has 1 atom stereocenters. The monoisotopic (exact) mass is 331 g/mol. The van der Waals surface area contributed by atoms with Crippen LogP contribution >= 0.6 is 11.3 Å². The van der Waals surface area contributed by atoms with Gasteiger partial charge in [0.2, 0.25) is 5.91 Å². The summed E-state index contributed by atoms with van der Waals surface area (Å²) in [6.45, 7) is 3.51. The van der Waals surface area contributed by atoms with Crippen molar-refractivity contribution in [3.8, 4) is 11.3 Å². The number of carbonyl (C=O) groups is 1. The van der Waals surface area contributed by atoms with E-state index >= 15 is 0 Å². The quantitative estimate of drug-likeness (QED) is 0.881. The largest absolute Gasteiger partial charge is 0.383 e. The number of benzene rings is 1. The van der Waals surface area contributed by atoms with Gasteiger partial charge in [-0.25, -0.2) is 4.98 Å². The Labute approximate surface area is 140 Å². The third-order valence-corrected chi connectivity index (χ3v) is 4.59. The number of thiazole rings is 1. The topological polar surface area (TPSA) is 54.5 Å². The number of methoxy groups -OCH3 is 1. The van der Waals surface area contributed by atoms with Gasteiger partial charge >= 0.3 is 0 Å². The third kappa shape index (κ3) is 3.71. The minimum Gasteiger partial charge on any atom is -0.383 e. The van der Waals surface area contributed by atoms with Crippen LogP contribution in [0.2, 0.25) is 0 Å². The first-order valence-corrected chi connectivity index (χ1v) is 8.67. The van der Waals surface area contributed by atoms with Gasteiger partial charge in [-0.15, -0.1) is 11.3 Å². The Kier molecular flexibility index (Phi) is 4.93. The van der Waals surface area contributed by atoms with Crippen molar-refractivity contribution in [1.82, 2.24) is 4.98 Å². The van der Waals surface area contributed by atoms with Crippen LogP contribution < -0.4 is 10.2 Å². The number of carbonyl (C=O) groups excluding carboxylic acids is 1. The molecule has 0 bridgehead atoms. The lowest BCUT2D eigenvalue weighted by atomic mass is 10.1. The first-order valence-electron chi connectivity index (χ1n) is 7.79. The molecule has 1 aliphatic rings. The highest BCUT2D eigenvalue weighted by atomic mass is 32.1. The fourth-order valence-electron chi connectivity index (χ4n) is 2.73. The highest BCUT2D eigenvalue weighted by Crippen LogP contribution is 2.29. The summed E-state index contributed by atoms with van der Waals surface area (Å²) in [4.78, 5) is 18.4. The number of ether oxygens (including phenoxy) is 1. The summed E-state index contributed by atoms with van der Waals surface area (Å²) in [5, 5.41) is 6.24. The molecule has 1 amide bonds. The molecule has 0 unspecified atom stereocenters. The Hall–Kier alpha value is -1.92. The minimum absolute atomic E-state index is 0.205. The van der Waals surface area contributed by atoms with Crippen molar-refractivity contribution in [2.24, 2.45) is 0 Å². The first kappa shape index (κ1) is 16.0. The summed E-state index contributed by atoms with van der Waals surface area (Å²) < 4.78 is 5.13. The molecule has 1 aromatic heterocycles. The van der Waals surface area contributed by atoms with Gasteiger partial charge in [0.05, 0.1) is 12.3 Å². The van der Waals surface area contributed by atoms with E-state index in [0.717, 1.165) is 35.0 Å². The van der Waals surface area contributed by atoms with Crippen LogP contribution in [0.5, 0.6) is 0 Å². The van der Waals surface area contributed by atoms with E-state index in [1.807, 2.05) is 34.5 Å². The zero-order valence-electron chi connectivity index (χ0n) is 13.4. The molecule has 23 heavy (non-hydrogen) atoms. The molecule has 0 spiro atoms. The molecular weight excluding hydrogens is 310 g/mol. The summed E-state index contributed by atoms with van der Waals surface area (Å²) in [5.41, 5.74) is 2.92. The molecule has 0 radical (unpaired) electrons. The first-order chi connectivity index (χ1) is 11.2. The number of nitrogens with one attached hydrogen (secondary N) is 1. The molecule has 1 aromatic carbocycles. The van der Waals surface area contributed by atoms with Crippen LogP contribution in [-0.2, 0) is 9.53 Å². The van der Waals surface area contributed by atoms with E-state index in [2.05, 4.69) is 17.2 Å². The second-order valence-electron chi connectivity index (χ2n) is 5.74. The van der Waals surface area contributed by atoms with Crippen LogP contribution in [0.4, 0.5) is 10.8 Å². The highest BCUT2D eigenvalue weighted by Gasteiger charge is 2.22. The molecule has 0 aliphatic carbocycles. The van der Waals surface area contributed by atoms with Crippen LogP contribution in [0.1, 0.15) is 19.8 Å². The molecule has 1 aliphatic heterocycles. The van der Waals surface area contributed by atoms with Crippen LogP contribution in [-0.4, -0.2) is 37.2 Å². The molecule has 1 saturated heterocycles. The Morgan fingerprint density at radius 2 is 2.35 bits per heavy atom. The second-order valence-corrected chi connectivity index (χ2v) is 6.60. The normalized spacial score (nSPS) is 15.9. The minimum atomic E-state index is 0.205. The summed E-state index contributed by atoms with van der Waals surface area (Å²) >= 11 is 1.58. The average molecular weight is 331 g/mol. The van der Waals surface area contributed by atoms with E-state index in [1.165, 1.54) is 0 Å². The fourth-order valence-corrected chi connectivity index (χ4v) is 3.56. The molecule has 6 heteroatoms. The van der Waals surface area contributed by atoms with Gasteiger partial charge in [0, 0.05) is 42.7 Å². The molecule has 2 heterocycles. The number of aromatic nitrogens is 1. The van der Waals surface area contributed by atoms with Crippen molar-refractivity contribution in [1.29, 1.82) is 0 Å². The summed E-state index contributed by atoms with van der Waals surface area (Å²) in [6.07, 6.45) is 1.58. The van der Waals surface area contributed by atoms with Crippen molar-refractivity contribution in [2.45, 2.75) is 25.8 Å². The summed E-state index contributed by atoms with van der Waals surface area (Å²) in [7, 11) is 1.69. The van der Waals surface area contributed by atoms with Crippen LogP contribution in [0.3, 0.4) is 0 Å². The predicted octanol–water partition coefficient (Wildman–Crippen LogP) is 3.38. The van der Waals surface area contributed by atoms with Gasteiger partial charge in [-0.1, -0.05) is 12.1 Å². The van der Waals surface area contributed by atoms with Gasteiger partial charge in [0.25, 0.3) is 0 Å². The zero-order chi connectivity index (χ0) is 16.2. The van der Waals surface area contributed by atoms with Crippen molar-refractivity contribution >= 4 is 28.1 Å². The molecule has 3 rings (SSSR count). The standard InChI is InChI=1S/C17H21N3O2S/c1-12(10-22-2)18-17-19-15(11-23-17)13-5-3-6-14(9-13)20-8-4-7-16(20)21/h3,5-6,9,11-12H,4,7-8,10H2,1-2H3,(H,18,19)/t12-/m0/s1. The number of amides is 1. The number of hydrogen-bond acceptors (Lipinski definition) is 5. The average Bonchev–Trinajstić information content (AvgIpc) is 3.17. The molecule has 1 fully saturated rings. The second kappa shape index (κ2) is 7.10. The molecule has 2 aromatic rings. The maximum atomic E-state index is 11.9. The maximum absolute atomic E-state index is 11.9. The number of anilines is 2. The van der Waals surface area contributed by atoms with Gasteiger partial charge in [0.1, 0.15) is 0 Å². The zero-order valence-corrected chi connectivity index (χ0v) is 14.2. The lowest BCUT2D eigenvalue weighted by Crippen LogP contribution is -2.23. The van der Waals surface area contributed by atoms with Crippen LogP contribution in [0, 0.1) is 0 Å². The number of hydrogen-bond donors (Lipinski definition) is 1. The van der Waals surface area contributed by atoms with Gasteiger partial charge in [0.15, 0.2) is 5.13 Å². The van der Waals surface area contributed by atoms with Crippen molar-refractivity contribution in [2.75, 3.05) is 30.5 Å². The van der Waals surface area contributed by atoms with Crippen LogP contribution in [0.25, 0.3) is 11.3 Å². The lowest BCUT2D eigenvalue weighted by molar-refractivity contribution is -0.117. The van der Waals surface area contributed by atoms with E-state index in [1.54, 1.807) is 18.4 Å². The summed E-state index contributed by atoms with van der Waals surface area (Å²) in [5.74, 6) is 0.205. The Morgan fingerprint density at radius 3 is 3.09 bits per heavy atom. The third-order valence-electron chi connectivity index (χ3n) is 3.82. The number of nitrogens with zero attached hydrogens (tertiary/aromatic N) is 2. The molecular formula is C17H21N3O2S. The van der Waals surface area contributed by atoms with E-state index in [4.69, 9.17) is 4.74 Å². The van der Waals surface area contributed by atoms with Gasteiger partial charge in [-0.2, -0.15) is 0 Å². The van der Waals surface area contributed by atoms with Crippen LogP contribution in [0.15, 0.2) is 29.6 Å². The Morgan fingerprint density at radius 1 is 1.48 bits per heavy atom. The van der Waals surface area contributed by atoms with E-state index in [9.17, 15) is 4.79 Å². The van der Waals surface area contributed by atoms with E-state index in [0.29, 0.717) is 13.0 Å². The van der Waals surface area contributed by atoms with Gasteiger partial charge in [-0.3, -0.25) is 4.79 Å². The lowest BCUT2D eigenvalue weighted by Gasteiger charge is -2.16. The SMILES string of the molecule is COC[C@H](C)Nc1nc(-c2cccc(N3CCCC3=O)c2)cs1. The van der Waals surface area contributed by atoms with Crippen molar-refractivity contribution in [3.05, 3.63) is 29.6 Å². The highest BCUT2D eigenvalue weighted by molar-refractivity contribution is 7.14. The smallest absolute Gasteiger partial charge is 0.227 e. The number of rotatable bonds is 6. The molecule has 5 nitrogen and oxygen atoms in total. The van der Waals surface area contributed by atoms with Crippen molar-refractivity contribution in [3.63, 3.8) is 0 Å². The molecule has 1 N–H and O–H groups in total. The Balaban J connectivity index is 1.77. The van der Waals surface area contributed by atoms with E-state index in [-0.39, 0.29) is 11.9 Å². The van der Waals surface area contributed by atoms with Gasteiger partial charge < -0.3 is 15.0 Å². The fraction of sp³-hybridized carbons (Fsp3) is 0.412. The molecule has 0 saturated carbocycles. The van der Waals surface area contributed by atoms with Crippen molar-refractivity contribution < 1.29 is 9.53 Å². The predicted molar refractivity (Wildman–Crippen MR) is 94.1 cm³/mol. The van der Waals surface area contributed by atoms with Gasteiger partial charge in [-0.05, 0) is 25.5 Å². The maximum Gasteiger partial charge on any atom is 0.227 e.